The predicted octanol–water partition coefficient (Wildman–Crippen LogP) is 5.14. The molecule has 6 rings (SSSR count). The third-order valence-corrected chi connectivity index (χ3v) is 9.17. The Labute approximate surface area is 241 Å². The van der Waals surface area contributed by atoms with Crippen molar-refractivity contribution in [3.8, 4) is 0 Å². The first-order valence-electron chi connectivity index (χ1n) is 14.7. The molecule has 1 saturated carbocycles. The molecule has 1 saturated heterocycles. The van der Waals surface area contributed by atoms with Crippen molar-refractivity contribution in [3.05, 3.63) is 87.7 Å². The summed E-state index contributed by atoms with van der Waals surface area (Å²) in [5.74, 6) is -0.672. The number of anilines is 1. The molecule has 0 spiro atoms. The zero-order valence-corrected chi connectivity index (χ0v) is 23.9. The lowest BCUT2D eigenvalue weighted by Gasteiger charge is -2.32. The molecular formula is C33H38N4O4. The number of carbonyl (C=O) groups excluding carboxylic acids is 2. The number of aromatic nitrogens is 1. The van der Waals surface area contributed by atoms with Crippen LogP contribution in [-0.4, -0.2) is 70.5 Å². The van der Waals surface area contributed by atoms with E-state index in [4.69, 9.17) is 0 Å². The summed E-state index contributed by atoms with van der Waals surface area (Å²) < 4.78 is 2.02. The average molecular weight is 555 g/mol. The van der Waals surface area contributed by atoms with Crippen LogP contribution in [0.3, 0.4) is 0 Å². The van der Waals surface area contributed by atoms with Crippen molar-refractivity contribution in [3.63, 3.8) is 0 Å². The number of aromatic carboxylic acids is 1. The number of nitrogens with zero attached hydrogens (tertiary/aromatic N) is 4. The lowest BCUT2D eigenvalue weighted by atomic mass is 9.84. The number of hydrogen-bond donors (Lipinski definition) is 1. The zero-order chi connectivity index (χ0) is 28.7. The molecule has 2 aromatic carbocycles. The van der Waals surface area contributed by atoms with Crippen molar-refractivity contribution >= 4 is 23.5 Å². The Kier molecular flexibility index (Phi) is 7.43. The normalized spacial score (nSPS) is 18.0. The largest absolute Gasteiger partial charge is 0.478 e. The summed E-state index contributed by atoms with van der Waals surface area (Å²) in [5.41, 5.74) is 5.82. The van der Waals surface area contributed by atoms with Crippen molar-refractivity contribution in [2.24, 2.45) is 0 Å². The summed E-state index contributed by atoms with van der Waals surface area (Å²) in [5, 5.41) is 9.75. The standard InChI is InChI=1S/C33H38N4O4/c1-22-18-29(32(39)35-16-14-34(2)15-17-35)36-20-27-13-12-26(33(40)41)19-28(27)37(21-30(22)36)31(38)25-10-8-24(9-11-25)23-6-4-3-5-7-23/h8-13,18-19,23H,3-7,14-17,20-21H2,1-2H3,(H,40,41). The number of carboxylic acids is 1. The second-order valence-electron chi connectivity index (χ2n) is 11.8. The van der Waals surface area contributed by atoms with E-state index < -0.39 is 5.97 Å². The molecule has 0 unspecified atom stereocenters. The quantitative estimate of drug-likeness (QED) is 0.483. The van der Waals surface area contributed by atoms with Crippen LogP contribution in [0.5, 0.6) is 0 Å². The molecule has 3 heterocycles. The molecule has 2 amide bonds. The number of carbonyl (C=O) groups is 3. The highest BCUT2D eigenvalue weighted by molar-refractivity contribution is 6.07. The number of aryl methyl sites for hydroxylation is 1. The first kappa shape index (κ1) is 27.3. The van der Waals surface area contributed by atoms with Crippen LogP contribution in [0.25, 0.3) is 0 Å². The van der Waals surface area contributed by atoms with Gasteiger partial charge in [0, 0.05) is 37.4 Å². The molecule has 3 aliphatic rings. The number of fused-ring (bicyclic) bond motifs is 2. The smallest absolute Gasteiger partial charge is 0.335 e. The summed E-state index contributed by atoms with van der Waals surface area (Å²) >= 11 is 0. The molecule has 1 aliphatic carbocycles. The maximum Gasteiger partial charge on any atom is 0.335 e. The van der Waals surface area contributed by atoms with Gasteiger partial charge < -0.3 is 24.4 Å². The lowest BCUT2D eigenvalue weighted by molar-refractivity contribution is 0.0652. The van der Waals surface area contributed by atoms with E-state index in [1.165, 1.54) is 37.7 Å². The topological polar surface area (TPSA) is 86.1 Å². The minimum atomic E-state index is -1.04. The van der Waals surface area contributed by atoms with Gasteiger partial charge >= 0.3 is 5.97 Å². The Morgan fingerprint density at radius 2 is 1.49 bits per heavy atom. The molecular weight excluding hydrogens is 516 g/mol. The Morgan fingerprint density at radius 1 is 0.805 bits per heavy atom. The van der Waals surface area contributed by atoms with Crippen molar-refractivity contribution < 1.29 is 19.5 Å². The first-order valence-corrected chi connectivity index (χ1v) is 14.7. The van der Waals surface area contributed by atoms with Gasteiger partial charge in [0.15, 0.2) is 0 Å². The van der Waals surface area contributed by atoms with Gasteiger partial charge in [-0.3, -0.25) is 9.59 Å². The number of rotatable bonds is 4. The van der Waals surface area contributed by atoms with Crippen LogP contribution >= 0.6 is 0 Å². The SMILES string of the molecule is Cc1cc(C(=O)N2CCN(C)CC2)n2c1CN(C(=O)c1ccc(C3CCCCC3)cc1)c1cc(C(=O)O)ccc1C2. The van der Waals surface area contributed by atoms with Gasteiger partial charge in [0.1, 0.15) is 5.69 Å². The Balaban J connectivity index is 1.37. The van der Waals surface area contributed by atoms with Crippen LogP contribution in [0.2, 0.25) is 0 Å². The monoisotopic (exact) mass is 554 g/mol. The molecule has 2 aliphatic heterocycles. The predicted molar refractivity (Wildman–Crippen MR) is 158 cm³/mol. The number of likely N-dealkylation sites (N-methyl/N-ethyl adjacent to an activating group) is 1. The Hall–Kier alpha value is -3.91. The number of piperazine rings is 1. The van der Waals surface area contributed by atoms with Gasteiger partial charge in [-0.2, -0.15) is 0 Å². The average Bonchev–Trinajstić information content (AvgIpc) is 3.19. The molecule has 2 fully saturated rings. The molecule has 8 nitrogen and oxygen atoms in total. The van der Waals surface area contributed by atoms with E-state index in [1.807, 2.05) is 34.6 Å². The van der Waals surface area contributed by atoms with E-state index in [0.29, 0.717) is 42.5 Å². The molecule has 8 heteroatoms. The first-order chi connectivity index (χ1) is 19.8. The second kappa shape index (κ2) is 11.2. The van der Waals surface area contributed by atoms with Gasteiger partial charge in [-0.05, 0) is 79.8 Å². The summed E-state index contributed by atoms with van der Waals surface area (Å²) in [4.78, 5) is 45.5. The van der Waals surface area contributed by atoms with Crippen LogP contribution in [-0.2, 0) is 13.1 Å². The fourth-order valence-electron chi connectivity index (χ4n) is 6.62. The fraction of sp³-hybridized carbons (Fsp3) is 0.424. The molecule has 3 aromatic rings. The molecule has 0 bridgehead atoms. The van der Waals surface area contributed by atoms with Gasteiger partial charge in [0.05, 0.1) is 24.3 Å². The third-order valence-electron chi connectivity index (χ3n) is 9.17. The van der Waals surface area contributed by atoms with E-state index in [1.54, 1.807) is 23.1 Å². The summed E-state index contributed by atoms with van der Waals surface area (Å²) in [7, 11) is 2.06. The zero-order valence-electron chi connectivity index (χ0n) is 23.9. The van der Waals surface area contributed by atoms with Crippen LogP contribution in [0.15, 0.2) is 48.5 Å². The van der Waals surface area contributed by atoms with Gasteiger partial charge in [-0.1, -0.05) is 37.5 Å². The minimum Gasteiger partial charge on any atom is -0.478 e. The molecule has 41 heavy (non-hydrogen) atoms. The van der Waals surface area contributed by atoms with E-state index in [2.05, 4.69) is 24.1 Å². The molecule has 1 aromatic heterocycles. The molecule has 1 N–H and O–H groups in total. The Morgan fingerprint density at radius 3 is 2.17 bits per heavy atom. The second-order valence-corrected chi connectivity index (χ2v) is 11.8. The maximum atomic E-state index is 14.1. The van der Waals surface area contributed by atoms with Crippen LogP contribution in [0, 0.1) is 6.92 Å². The highest BCUT2D eigenvalue weighted by atomic mass is 16.4. The number of benzene rings is 2. The maximum absolute atomic E-state index is 14.1. The van der Waals surface area contributed by atoms with E-state index in [9.17, 15) is 19.5 Å². The number of carboxylic acid groups (broad SMARTS) is 1. The van der Waals surface area contributed by atoms with Gasteiger partial charge in [0.25, 0.3) is 11.8 Å². The fourth-order valence-corrected chi connectivity index (χ4v) is 6.62. The Bertz CT molecular complexity index is 1480. The van der Waals surface area contributed by atoms with Crippen LogP contribution < -0.4 is 4.90 Å². The van der Waals surface area contributed by atoms with E-state index in [-0.39, 0.29) is 23.9 Å². The van der Waals surface area contributed by atoms with Crippen molar-refractivity contribution in [1.82, 2.24) is 14.4 Å². The molecule has 0 radical (unpaired) electrons. The summed E-state index contributed by atoms with van der Waals surface area (Å²) in [6.07, 6.45) is 6.18. The van der Waals surface area contributed by atoms with E-state index >= 15 is 0 Å². The van der Waals surface area contributed by atoms with Gasteiger partial charge in [0.2, 0.25) is 0 Å². The summed E-state index contributed by atoms with van der Waals surface area (Å²) in [6, 6.07) is 14.9. The van der Waals surface area contributed by atoms with Gasteiger partial charge in [-0.25, -0.2) is 4.79 Å². The van der Waals surface area contributed by atoms with Crippen molar-refractivity contribution in [1.29, 1.82) is 0 Å². The van der Waals surface area contributed by atoms with Gasteiger partial charge in [-0.15, -0.1) is 0 Å². The highest BCUT2D eigenvalue weighted by Crippen LogP contribution is 2.35. The van der Waals surface area contributed by atoms with Crippen LogP contribution in [0.1, 0.15) is 91.6 Å². The van der Waals surface area contributed by atoms with Crippen molar-refractivity contribution in [2.45, 2.75) is 58.0 Å². The lowest BCUT2D eigenvalue weighted by Crippen LogP contribution is -2.47. The number of hydrogen-bond acceptors (Lipinski definition) is 4. The number of amides is 2. The molecule has 214 valence electrons. The van der Waals surface area contributed by atoms with Crippen LogP contribution in [0.4, 0.5) is 5.69 Å². The molecule has 0 atom stereocenters. The third kappa shape index (κ3) is 5.28. The van der Waals surface area contributed by atoms with Crippen molar-refractivity contribution in [2.75, 3.05) is 38.1 Å². The summed E-state index contributed by atoms with van der Waals surface area (Å²) in [6.45, 7) is 5.64. The van der Waals surface area contributed by atoms with E-state index in [0.717, 1.165) is 29.9 Å². The highest BCUT2D eigenvalue weighted by Gasteiger charge is 2.31. The minimum absolute atomic E-state index is 0.00534.